The number of allylic oxidation sites excluding steroid dienone is 1. The Morgan fingerprint density at radius 2 is 1.68 bits per heavy atom. The molecule has 1 aromatic rings. The van der Waals surface area contributed by atoms with Crippen molar-refractivity contribution in [1.29, 1.82) is 0 Å². The Balaban J connectivity index is 2.63. The molecule has 0 saturated carbocycles. The van der Waals surface area contributed by atoms with Crippen LogP contribution in [0.2, 0.25) is 5.02 Å². The number of nitrogens with zero attached hydrogens (tertiary/aromatic N) is 1. The molecule has 0 aliphatic carbocycles. The van der Waals surface area contributed by atoms with E-state index in [1.807, 2.05) is 26.0 Å². The third-order valence-electron chi connectivity index (χ3n) is 4.38. The van der Waals surface area contributed by atoms with Crippen molar-refractivity contribution >= 4 is 35.0 Å². The first-order valence-electron chi connectivity index (χ1n) is 8.73. The normalized spacial score (nSPS) is 16.2. The fraction of sp³-hybridized carbons (Fsp3) is 0.450. The molecule has 0 bridgehead atoms. The SMILES string of the molecule is COC(=O)C(CC1=C(c2ccc(Cl)cc2)CC(C)(C)ON1C(C)=O)C(=O)OC. The van der Waals surface area contributed by atoms with Crippen LogP contribution in [0.3, 0.4) is 0 Å². The van der Waals surface area contributed by atoms with Gasteiger partial charge in [-0.25, -0.2) is 0 Å². The van der Waals surface area contributed by atoms with Gasteiger partial charge in [0.25, 0.3) is 0 Å². The molecule has 1 amide bonds. The zero-order valence-electron chi connectivity index (χ0n) is 16.6. The second kappa shape index (κ2) is 8.75. The Morgan fingerprint density at radius 3 is 2.14 bits per heavy atom. The first kappa shape index (κ1) is 21.9. The highest BCUT2D eigenvalue weighted by molar-refractivity contribution is 6.30. The van der Waals surface area contributed by atoms with E-state index in [4.69, 9.17) is 25.9 Å². The van der Waals surface area contributed by atoms with Gasteiger partial charge in [0.05, 0.1) is 25.5 Å². The quantitative estimate of drug-likeness (QED) is 0.547. The van der Waals surface area contributed by atoms with Crippen molar-refractivity contribution in [1.82, 2.24) is 5.06 Å². The van der Waals surface area contributed by atoms with Crippen molar-refractivity contribution < 1.29 is 28.7 Å². The van der Waals surface area contributed by atoms with E-state index in [-0.39, 0.29) is 12.3 Å². The third-order valence-corrected chi connectivity index (χ3v) is 4.63. The zero-order valence-corrected chi connectivity index (χ0v) is 17.3. The van der Waals surface area contributed by atoms with Gasteiger partial charge in [0.1, 0.15) is 0 Å². The number of hydrogen-bond acceptors (Lipinski definition) is 6. The van der Waals surface area contributed by atoms with Crippen LogP contribution >= 0.6 is 11.6 Å². The van der Waals surface area contributed by atoms with Gasteiger partial charge >= 0.3 is 11.9 Å². The van der Waals surface area contributed by atoms with E-state index in [1.54, 1.807) is 12.1 Å². The van der Waals surface area contributed by atoms with Crippen LogP contribution in [0, 0.1) is 5.92 Å². The number of rotatable bonds is 5. The molecule has 7 nitrogen and oxygen atoms in total. The van der Waals surface area contributed by atoms with Gasteiger partial charge < -0.3 is 9.47 Å². The van der Waals surface area contributed by atoms with E-state index < -0.39 is 23.5 Å². The van der Waals surface area contributed by atoms with Gasteiger partial charge in [0.2, 0.25) is 5.91 Å². The molecule has 0 unspecified atom stereocenters. The monoisotopic (exact) mass is 409 g/mol. The first-order valence-corrected chi connectivity index (χ1v) is 9.11. The van der Waals surface area contributed by atoms with Gasteiger partial charge in [0.15, 0.2) is 5.92 Å². The van der Waals surface area contributed by atoms with Crippen molar-refractivity contribution in [3.05, 3.63) is 40.5 Å². The topological polar surface area (TPSA) is 82.1 Å². The van der Waals surface area contributed by atoms with Crippen molar-refractivity contribution in [3.63, 3.8) is 0 Å². The van der Waals surface area contributed by atoms with Crippen LogP contribution in [0.4, 0.5) is 0 Å². The van der Waals surface area contributed by atoms with Gasteiger partial charge in [-0.2, -0.15) is 5.06 Å². The smallest absolute Gasteiger partial charge is 0.320 e. The average Bonchev–Trinajstić information content (AvgIpc) is 2.65. The first-order chi connectivity index (χ1) is 13.1. The van der Waals surface area contributed by atoms with Crippen LogP contribution in [-0.4, -0.2) is 42.7 Å². The van der Waals surface area contributed by atoms with Crippen LogP contribution < -0.4 is 0 Å². The molecule has 0 aromatic heterocycles. The predicted molar refractivity (Wildman–Crippen MR) is 103 cm³/mol. The van der Waals surface area contributed by atoms with E-state index >= 15 is 0 Å². The second-order valence-electron chi connectivity index (χ2n) is 7.08. The summed E-state index contributed by atoms with van der Waals surface area (Å²) in [6, 6.07) is 7.12. The molecule has 8 heteroatoms. The lowest BCUT2D eigenvalue weighted by Gasteiger charge is -2.40. The van der Waals surface area contributed by atoms with Gasteiger partial charge in [-0.3, -0.25) is 19.2 Å². The summed E-state index contributed by atoms with van der Waals surface area (Å²) in [4.78, 5) is 42.5. The molecule has 0 saturated heterocycles. The summed E-state index contributed by atoms with van der Waals surface area (Å²) >= 11 is 6.00. The van der Waals surface area contributed by atoms with Crippen LogP contribution in [0.5, 0.6) is 0 Å². The van der Waals surface area contributed by atoms with E-state index in [0.717, 1.165) is 16.2 Å². The maximum absolute atomic E-state index is 12.3. The van der Waals surface area contributed by atoms with E-state index in [9.17, 15) is 14.4 Å². The molecule has 1 aliphatic heterocycles. The summed E-state index contributed by atoms with van der Waals surface area (Å²) in [5.41, 5.74) is 1.34. The van der Waals surface area contributed by atoms with E-state index in [0.29, 0.717) is 17.1 Å². The Hall–Kier alpha value is -2.38. The largest absolute Gasteiger partial charge is 0.468 e. The maximum Gasteiger partial charge on any atom is 0.320 e. The lowest BCUT2D eigenvalue weighted by atomic mass is 9.87. The third kappa shape index (κ3) is 4.91. The number of carbonyl (C=O) groups is 3. The molecule has 0 atom stereocenters. The second-order valence-corrected chi connectivity index (χ2v) is 7.51. The summed E-state index contributed by atoms with van der Waals surface area (Å²) in [5.74, 6) is -3.09. The minimum atomic E-state index is -1.22. The molecule has 152 valence electrons. The Labute approximate surface area is 169 Å². The number of esters is 2. The summed E-state index contributed by atoms with van der Waals surface area (Å²) in [6.07, 6.45) is 0.357. The zero-order chi connectivity index (χ0) is 21.1. The molecular formula is C20H24ClNO6. The van der Waals surface area contributed by atoms with Crippen molar-refractivity contribution in [2.75, 3.05) is 14.2 Å². The summed E-state index contributed by atoms with van der Waals surface area (Å²) < 4.78 is 9.49. The number of amides is 1. The predicted octanol–water partition coefficient (Wildman–Crippen LogP) is 3.37. The lowest BCUT2D eigenvalue weighted by Crippen LogP contribution is -2.44. The fourth-order valence-corrected chi connectivity index (χ4v) is 3.23. The molecule has 2 rings (SSSR count). The molecular weight excluding hydrogens is 386 g/mol. The van der Waals surface area contributed by atoms with Crippen LogP contribution in [-0.2, 0) is 28.7 Å². The van der Waals surface area contributed by atoms with Crippen LogP contribution in [0.15, 0.2) is 30.0 Å². The number of benzene rings is 1. The van der Waals surface area contributed by atoms with Gasteiger partial charge in [-0.1, -0.05) is 23.7 Å². The minimum absolute atomic E-state index is 0.104. The molecule has 1 aromatic carbocycles. The number of hydroxylamine groups is 2. The van der Waals surface area contributed by atoms with Crippen molar-refractivity contribution in [2.45, 2.75) is 39.2 Å². The highest BCUT2D eigenvalue weighted by atomic mass is 35.5. The van der Waals surface area contributed by atoms with Gasteiger partial charge in [-0.15, -0.1) is 0 Å². The molecule has 0 radical (unpaired) electrons. The summed E-state index contributed by atoms with van der Waals surface area (Å²) in [7, 11) is 2.38. The van der Waals surface area contributed by atoms with Gasteiger partial charge in [-0.05, 0) is 37.1 Å². The number of carbonyl (C=O) groups excluding carboxylic acids is 3. The standard InChI is InChI=1S/C20H24ClNO6/c1-12(23)22-17(10-15(18(24)26-4)19(25)27-5)16(11-20(2,3)28-22)13-6-8-14(21)9-7-13/h6-9,15H,10-11H2,1-5H3. The fourth-order valence-electron chi connectivity index (χ4n) is 3.11. The summed E-state index contributed by atoms with van der Waals surface area (Å²) in [6.45, 7) is 5.06. The minimum Gasteiger partial charge on any atom is -0.468 e. The molecule has 0 fully saturated rings. The Kier molecular flexibility index (Phi) is 6.85. The highest BCUT2D eigenvalue weighted by Gasteiger charge is 2.40. The molecule has 1 aliphatic rings. The van der Waals surface area contributed by atoms with E-state index in [1.165, 1.54) is 21.1 Å². The Morgan fingerprint density at radius 1 is 1.14 bits per heavy atom. The molecule has 0 spiro atoms. The summed E-state index contributed by atoms with van der Waals surface area (Å²) in [5, 5.41) is 1.72. The molecule has 1 heterocycles. The van der Waals surface area contributed by atoms with Crippen LogP contribution in [0.1, 0.15) is 39.2 Å². The molecule has 28 heavy (non-hydrogen) atoms. The Bertz CT molecular complexity index is 783. The average molecular weight is 410 g/mol. The van der Waals surface area contributed by atoms with E-state index in [2.05, 4.69) is 0 Å². The number of ether oxygens (including phenoxy) is 2. The molecule has 0 N–H and O–H groups in total. The van der Waals surface area contributed by atoms with Crippen molar-refractivity contribution in [2.24, 2.45) is 5.92 Å². The number of hydrogen-bond donors (Lipinski definition) is 0. The van der Waals surface area contributed by atoms with Gasteiger partial charge in [0, 0.05) is 24.8 Å². The van der Waals surface area contributed by atoms with Crippen LogP contribution in [0.25, 0.3) is 5.57 Å². The number of methoxy groups -OCH3 is 2. The van der Waals surface area contributed by atoms with Crippen molar-refractivity contribution in [3.8, 4) is 0 Å². The lowest BCUT2D eigenvalue weighted by molar-refractivity contribution is -0.221. The highest BCUT2D eigenvalue weighted by Crippen LogP contribution is 2.40. The number of halogens is 1. The maximum atomic E-state index is 12.3.